The van der Waals surface area contributed by atoms with E-state index in [1.807, 2.05) is 48.7 Å². The normalized spacial score (nSPS) is 15.0. The van der Waals surface area contributed by atoms with E-state index in [0.717, 1.165) is 34.0 Å². The number of carbonyl (C=O) groups is 1. The number of hydrogen-bond donors (Lipinski definition) is 0. The highest BCUT2D eigenvalue weighted by molar-refractivity contribution is 7.07. The summed E-state index contributed by atoms with van der Waals surface area (Å²) in [5, 5.41) is 2.20. The highest BCUT2D eigenvalue weighted by Gasteiger charge is 2.34. The van der Waals surface area contributed by atoms with Crippen molar-refractivity contribution in [1.29, 1.82) is 0 Å². The van der Waals surface area contributed by atoms with E-state index in [0.29, 0.717) is 49.5 Å². The zero-order valence-corrected chi connectivity index (χ0v) is 28.5. The van der Waals surface area contributed by atoms with Crippen molar-refractivity contribution in [2.75, 3.05) is 6.61 Å². The van der Waals surface area contributed by atoms with Gasteiger partial charge in [0, 0.05) is 39.3 Å². The highest BCUT2D eigenvalue weighted by Crippen LogP contribution is 2.33. The number of aromatic nitrogens is 2. The summed E-state index contributed by atoms with van der Waals surface area (Å²) >= 11 is 14.0. The van der Waals surface area contributed by atoms with Crippen molar-refractivity contribution in [3.63, 3.8) is 0 Å². The molecule has 6 rings (SSSR count). The number of ether oxygens (including phenoxy) is 1. The molecule has 3 aromatic carbocycles. The fraction of sp³-hybridized carbons (Fsp3) is 0.270. The minimum Gasteiger partial charge on any atom is -0.463 e. The van der Waals surface area contributed by atoms with Crippen LogP contribution in [0.25, 0.3) is 17.0 Å². The smallest absolute Gasteiger partial charge is 0.338 e. The molecule has 0 saturated heterocycles. The van der Waals surface area contributed by atoms with E-state index in [1.165, 1.54) is 16.9 Å². The van der Waals surface area contributed by atoms with Gasteiger partial charge < -0.3 is 9.30 Å². The van der Waals surface area contributed by atoms with Gasteiger partial charge in [-0.3, -0.25) is 9.36 Å². The molecule has 0 amide bonds. The van der Waals surface area contributed by atoms with Gasteiger partial charge in [-0.15, -0.1) is 0 Å². The van der Waals surface area contributed by atoms with Crippen LogP contribution in [0.3, 0.4) is 0 Å². The van der Waals surface area contributed by atoms with Crippen molar-refractivity contribution < 1.29 is 9.53 Å². The average molecular weight is 673 g/mol. The molecule has 9 heteroatoms. The Morgan fingerprint density at radius 3 is 2.52 bits per heavy atom. The van der Waals surface area contributed by atoms with Crippen molar-refractivity contribution >= 4 is 57.5 Å². The molecule has 1 aliphatic heterocycles. The summed E-state index contributed by atoms with van der Waals surface area (Å²) in [4.78, 5) is 33.4. The number of hydrogen-bond acceptors (Lipinski definition) is 5. The van der Waals surface area contributed by atoms with Crippen LogP contribution in [-0.4, -0.2) is 21.7 Å². The van der Waals surface area contributed by atoms with Crippen LogP contribution in [0.2, 0.25) is 10.0 Å². The predicted octanol–water partition coefficient (Wildman–Crippen LogP) is 8.01. The van der Waals surface area contributed by atoms with Crippen LogP contribution in [-0.2, 0) is 16.1 Å². The Labute approximate surface area is 281 Å². The second-order valence-electron chi connectivity index (χ2n) is 11.7. The molecular weight excluding hydrogens is 637 g/mol. The summed E-state index contributed by atoms with van der Waals surface area (Å²) in [7, 11) is 0. The van der Waals surface area contributed by atoms with Crippen molar-refractivity contribution in [3.8, 4) is 0 Å². The Kier molecular flexibility index (Phi) is 9.37. The number of esters is 1. The van der Waals surface area contributed by atoms with Crippen LogP contribution >= 0.6 is 34.5 Å². The van der Waals surface area contributed by atoms with E-state index < -0.39 is 12.0 Å². The standard InChI is InChI=1S/C37H35Cl2N3O3S/c1-5-9-30-33(36(44)45-6-2)34(24-14-12-23(13-15-24)22(3)4)42-35(43)32(46-37(42)40-30)18-26-21-41(31-11-8-7-10-28(26)31)20-25-16-17-27(38)19-29(25)39/h7-8,10-19,21-22,34H,5-6,9,20H2,1-4H3/b32-18-/t34-/m1/s1. The maximum atomic E-state index is 14.3. The van der Waals surface area contributed by atoms with Crippen LogP contribution in [0.4, 0.5) is 0 Å². The average Bonchev–Trinajstić information content (AvgIpc) is 3.54. The van der Waals surface area contributed by atoms with Crippen molar-refractivity contribution in [2.45, 2.75) is 59.0 Å². The third kappa shape index (κ3) is 6.11. The summed E-state index contributed by atoms with van der Waals surface area (Å²) < 4.78 is 9.88. The lowest BCUT2D eigenvalue weighted by molar-refractivity contribution is -0.139. The predicted molar refractivity (Wildman–Crippen MR) is 188 cm³/mol. The highest BCUT2D eigenvalue weighted by atomic mass is 35.5. The molecule has 5 aromatic rings. The van der Waals surface area contributed by atoms with Crippen LogP contribution in [0, 0.1) is 0 Å². The number of allylic oxidation sites excluding steroid dienone is 1. The molecule has 6 nitrogen and oxygen atoms in total. The number of carbonyl (C=O) groups excluding carboxylic acids is 1. The van der Waals surface area contributed by atoms with E-state index in [2.05, 4.69) is 49.6 Å². The molecule has 3 heterocycles. The molecule has 46 heavy (non-hydrogen) atoms. The first-order valence-corrected chi connectivity index (χ1v) is 17.1. The van der Waals surface area contributed by atoms with Gasteiger partial charge in [0.15, 0.2) is 4.80 Å². The van der Waals surface area contributed by atoms with Gasteiger partial charge in [0.2, 0.25) is 0 Å². The summed E-state index contributed by atoms with van der Waals surface area (Å²) in [6.45, 7) is 8.90. The molecule has 0 unspecified atom stereocenters. The van der Waals surface area contributed by atoms with Gasteiger partial charge in [-0.2, -0.15) is 0 Å². The fourth-order valence-electron chi connectivity index (χ4n) is 6.00. The van der Waals surface area contributed by atoms with E-state index in [4.69, 9.17) is 32.9 Å². The van der Waals surface area contributed by atoms with Crippen molar-refractivity contribution in [1.82, 2.24) is 9.13 Å². The summed E-state index contributed by atoms with van der Waals surface area (Å²) in [6.07, 6.45) is 5.37. The van der Waals surface area contributed by atoms with Crippen LogP contribution < -0.4 is 14.9 Å². The van der Waals surface area contributed by atoms with Crippen molar-refractivity contribution in [2.24, 2.45) is 4.99 Å². The monoisotopic (exact) mass is 671 g/mol. The van der Waals surface area contributed by atoms with Gasteiger partial charge in [-0.05, 0) is 60.2 Å². The Morgan fingerprint density at radius 1 is 1.07 bits per heavy atom. The molecule has 0 bridgehead atoms. The molecule has 1 atom stereocenters. The first-order chi connectivity index (χ1) is 22.2. The fourth-order valence-corrected chi connectivity index (χ4v) is 7.47. The van der Waals surface area contributed by atoms with Gasteiger partial charge in [0.1, 0.15) is 0 Å². The zero-order chi connectivity index (χ0) is 32.5. The lowest BCUT2D eigenvalue weighted by Gasteiger charge is -2.26. The Morgan fingerprint density at radius 2 is 1.83 bits per heavy atom. The van der Waals surface area contributed by atoms with Gasteiger partial charge in [0.05, 0.1) is 28.5 Å². The lowest BCUT2D eigenvalue weighted by atomic mass is 9.92. The Bertz CT molecular complexity index is 2160. The second kappa shape index (κ2) is 13.4. The maximum absolute atomic E-state index is 14.3. The van der Waals surface area contributed by atoms with Gasteiger partial charge in [-0.1, -0.05) is 110 Å². The number of fused-ring (bicyclic) bond motifs is 2. The topological polar surface area (TPSA) is 65.6 Å². The summed E-state index contributed by atoms with van der Waals surface area (Å²) in [5.74, 6) is -0.0875. The molecule has 236 valence electrons. The Balaban J connectivity index is 1.53. The number of halogens is 2. The van der Waals surface area contributed by atoms with E-state index in [1.54, 1.807) is 17.6 Å². The number of thiazole rings is 1. The first kappa shape index (κ1) is 32.0. The molecular formula is C37H35Cl2N3O3S. The third-order valence-electron chi connectivity index (χ3n) is 8.27. The zero-order valence-electron chi connectivity index (χ0n) is 26.2. The maximum Gasteiger partial charge on any atom is 0.338 e. The number of para-hydroxylation sites is 1. The van der Waals surface area contributed by atoms with E-state index in [-0.39, 0.29) is 12.2 Å². The van der Waals surface area contributed by atoms with Crippen molar-refractivity contribution in [3.05, 3.63) is 136 Å². The van der Waals surface area contributed by atoms with E-state index in [9.17, 15) is 9.59 Å². The number of benzene rings is 3. The number of rotatable bonds is 9. The molecule has 0 aliphatic carbocycles. The molecule has 0 saturated carbocycles. The molecule has 2 aromatic heterocycles. The first-order valence-electron chi connectivity index (χ1n) is 15.5. The lowest BCUT2D eigenvalue weighted by Crippen LogP contribution is -2.40. The SMILES string of the molecule is CCCC1=C(C(=O)OCC)[C@@H](c2ccc(C(C)C)cc2)n2c(s/c(=C\c3cn(Cc4ccc(Cl)cc4Cl)c4ccccc34)c2=O)=N1. The van der Waals surface area contributed by atoms with Gasteiger partial charge >= 0.3 is 5.97 Å². The minimum absolute atomic E-state index is 0.198. The van der Waals surface area contributed by atoms with Crippen LogP contribution in [0.1, 0.15) is 74.8 Å². The number of nitrogens with zero attached hydrogens (tertiary/aromatic N) is 3. The van der Waals surface area contributed by atoms with Gasteiger partial charge in [-0.25, -0.2) is 9.79 Å². The summed E-state index contributed by atoms with van der Waals surface area (Å²) in [6, 6.07) is 21.1. The van der Waals surface area contributed by atoms with Crippen LogP contribution in [0.5, 0.6) is 0 Å². The summed E-state index contributed by atoms with van der Waals surface area (Å²) in [5.41, 5.74) is 5.79. The Hall–Kier alpha value is -3.91. The molecule has 1 aliphatic rings. The van der Waals surface area contributed by atoms with Gasteiger partial charge in [0.25, 0.3) is 5.56 Å². The van der Waals surface area contributed by atoms with Crippen LogP contribution in [0.15, 0.2) is 94.0 Å². The third-order valence-corrected chi connectivity index (χ3v) is 9.84. The quantitative estimate of drug-likeness (QED) is 0.149. The minimum atomic E-state index is -0.645. The molecule has 0 N–H and O–H groups in total. The molecule has 0 radical (unpaired) electrons. The molecule has 0 fully saturated rings. The van der Waals surface area contributed by atoms with E-state index >= 15 is 0 Å². The molecule has 0 spiro atoms. The largest absolute Gasteiger partial charge is 0.463 e. The second-order valence-corrected chi connectivity index (χ2v) is 13.6.